The quantitative estimate of drug-likeness (QED) is 0.891. The van der Waals surface area contributed by atoms with E-state index in [2.05, 4.69) is 5.32 Å². The summed E-state index contributed by atoms with van der Waals surface area (Å²) in [5, 5.41) is 2.89. The number of carbonyl (C=O) groups is 1. The zero-order chi connectivity index (χ0) is 16.8. The molecule has 0 saturated heterocycles. The number of hydrogen-bond donors (Lipinski definition) is 1. The Kier molecular flexibility index (Phi) is 5.71. The van der Waals surface area contributed by atoms with E-state index in [1.54, 1.807) is 7.11 Å². The Morgan fingerprint density at radius 1 is 1.17 bits per heavy atom. The molecule has 0 spiro atoms. The molecule has 0 heterocycles. The van der Waals surface area contributed by atoms with Crippen LogP contribution in [-0.2, 0) is 0 Å². The second-order valence-corrected chi connectivity index (χ2v) is 5.44. The molecule has 5 heteroatoms. The summed E-state index contributed by atoms with van der Waals surface area (Å²) in [6.45, 7) is 0.420. The van der Waals surface area contributed by atoms with Crippen molar-refractivity contribution in [3.05, 3.63) is 65.5 Å². The van der Waals surface area contributed by atoms with Gasteiger partial charge in [-0.15, -0.1) is 0 Å². The maximum absolute atomic E-state index is 12.9. The van der Waals surface area contributed by atoms with Gasteiger partial charge in [-0.05, 0) is 44.4 Å². The summed E-state index contributed by atoms with van der Waals surface area (Å²) in [5.41, 5.74) is 1.43. The Bertz CT molecular complexity index is 656. The molecule has 0 fully saturated rings. The predicted molar refractivity (Wildman–Crippen MR) is 88.2 cm³/mol. The molecule has 0 saturated carbocycles. The number of amides is 1. The molecule has 0 aromatic heterocycles. The topological polar surface area (TPSA) is 41.6 Å². The summed E-state index contributed by atoms with van der Waals surface area (Å²) >= 11 is 0. The number of likely N-dealkylation sites (N-methyl/N-ethyl adjacent to an activating group) is 1. The number of para-hydroxylation sites is 1. The van der Waals surface area contributed by atoms with Gasteiger partial charge in [-0.3, -0.25) is 4.79 Å². The highest BCUT2D eigenvalue weighted by atomic mass is 19.1. The van der Waals surface area contributed by atoms with Crippen LogP contribution < -0.4 is 10.1 Å². The Hall–Kier alpha value is -2.40. The smallest absolute Gasteiger partial charge is 0.251 e. The molecule has 1 N–H and O–H groups in total. The molecule has 2 rings (SSSR count). The number of ether oxygens (including phenoxy) is 1. The number of hydrogen-bond acceptors (Lipinski definition) is 3. The molecule has 122 valence electrons. The van der Waals surface area contributed by atoms with Crippen molar-refractivity contribution in [3.8, 4) is 5.75 Å². The van der Waals surface area contributed by atoms with Gasteiger partial charge < -0.3 is 15.0 Å². The molecule has 4 nitrogen and oxygen atoms in total. The molecule has 1 unspecified atom stereocenters. The normalized spacial score (nSPS) is 12.0. The fourth-order valence-corrected chi connectivity index (χ4v) is 2.41. The molecule has 2 aromatic rings. The molecule has 2 aromatic carbocycles. The number of rotatable bonds is 6. The molecule has 0 aliphatic heterocycles. The van der Waals surface area contributed by atoms with E-state index in [1.165, 1.54) is 24.3 Å². The van der Waals surface area contributed by atoms with Crippen molar-refractivity contribution >= 4 is 5.91 Å². The number of halogens is 1. The molecule has 0 aliphatic carbocycles. The summed E-state index contributed by atoms with van der Waals surface area (Å²) in [7, 11) is 5.52. The van der Waals surface area contributed by atoms with E-state index in [9.17, 15) is 9.18 Å². The summed E-state index contributed by atoms with van der Waals surface area (Å²) in [6, 6.07) is 13.2. The highest BCUT2D eigenvalue weighted by molar-refractivity contribution is 5.94. The molecule has 23 heavy (non-hydrogen) atoms. The highest BCUT2D eigenvalue weighted by Crippen LogP contribution is 2.27. The van der Waals surface area contributed by atoms with Crippen LogP contribution >= 0.6 is 0 Å². The summed E-state index contributed by atoms with van der Waals surface area (Å²) < 4.78 is 18.3. The lowest BCUT2D eigenvalue weighted by atomic mass is 10.0. The van der Waals surface area contributed by atoms with Crippen LogP contribution in [0, 0.1) is 5.82 Å². The number of nitrogens with one attached hydrogen (secondary N) is 1. The van der Waals surface area contributed by atoms with Crippen molar-refractivity contribution in [2.45, 2.75) is 6.04 Å². The van der Waals surface area contributed by atoms with Crippen LogP contribution in [0.3, 0.4) is 0 Å². The van der Waals surface area contributed by atoms with E-state index >= 15 is 0 Å². The summed E-state index contributed by atoms with van der Waals surface area (Å²) in [4.78, 5) is 14.2. The van der Waals surface area contributed by atoms with Gasteiger partial charge in [0.25, 0.3) is 5.91 Å². The molecular weight excluding hydrogens is 295 g/mol. The zero-order valence-corrected chi connectivity index (χ0v) is 13.5. The van der Waals surface area contributed by atoms with Crippen molar-refractivity contribution < 1.29 is 13.9 Å². The van der Waals surface area contributed by atoms with E-state index in [0.717, 1.165) is 11.3 Å². The van der Waals surface area contributed by atoms with Crippen LogP contribution in [0.1, 0.15) is 22.0 Å². The Balaban J connectivity index is 2.11. The minimum atomic E-state index is -0.360. The molecule has 0 bridgehead atoms. The molecule has 0 radical (unpaired) electrons. The predicted octanol–water partition coefficient (Wildman–Crippen LogP) is 2.87. The second kappa shape index (κ2) is 7.74. The lowest BCUT2D eigenvalue weighted by Gasteiger charge is -2.26. The van der Waals surface area contributed by atoms with Crippen LogP contribution in [0.4, 0.5) is 4.39 Å². The minimum Gasteiger partial charge on any atom is -0.496 e. The third-order valence-electron chi connectivity index (χ3n) is 3.68. The van der Waals surface area contributed by atoms with Gasteiger partial charge in [-0.2, -0.15) is 0 Å². The lowest BCUT2D eigenvalue weighted by Crippen LogP contribution is -2.34. The van der Waals surface area contributed by atoms with Gasteiger partial charge in [0.05, 0.1) is 13.2 Å². The molecular formula is C18H21FN2O2. The number of carbonyl (C=O) groups excluding carboxylic acids is 1. The number of methoxy groups -OCH3 is 1. The van der Waals surface area contributed by atoms with Gasteiger partial charge in [-0.25, -0.2) is 4.39 Å². The first-order valence-electron chi connectivity index (χ1n) is 7.36. The maximum Gasteiger partial charge on any atom is 0.251 e. The van der Waals surface area contributed by atoms with Gasteiger partial charge in [0.2, 0.25) is 0 Å². The Morgan fingerprint density at radius 3 is 2.43 bits per heavy atom. The van der Waals surface area contributed by atoms with Crippen molar-refractivity contribution in [2.75, 3.05) is 27.7 Å². The minimum absolute atomic E-state index is 0.0319. The van der Waals surface area contributed by atoms with E-state index in [-0.39, 0.29) is 17.8 Å². The third-order valence-corrected chi connectivity index (χ3v) is 3.68. The van der Waals surface area contributed by atoms with Gasteiger partial charge in [-0.1, -0.05) is 18.2 Å². The van der Waals surface area contributed by atoms with Crippen molar-refractivity contribution in [2.24, 2.45) is 0 Å². The lowest BCUT2D eigenvalue weighted by molar-refractivity contribution is 0.0941. The van der Waals surface area contributed by atoms with Crippen LogP contribution in [-0.4, -0.2) is 38.6 Å². The number of nitrogens with zero attached hydrogens (tertiary/aromatic N) is 1. The Labute approximate surface area is 135 Å². The van der Waals surface area contributed by atoms with Gasteiger partial charge in [0.15, 0.2) is 0 Å². The monoisotopic (exact) mass is 316 g/mol. The summed E-state index contributed by atoms with van der Waals surface area (Å²) in [5.74, 6) is 0.190. The van der Waals surface area contributed by atoms with Crippen LogP contribution in [0.2, 0.25) is 0 Å². The van der Waals surface area contributed by atoms with Gasteiger partial charge in [0.1, 0.15) is 11.6 Å². The standard InChI is InChI=1S/C18H21FN2O2/c1-21(2)16(15-6-4-5-7-17(15)23-3)12-20-18(22)13-8-10-14(19)11-9-13/h4-11,16H,12H2,1-3H3,(H,20,22). The van der Waals surface area contributed by atoms with E-state index in [1.807, 2.05) is 43.3 Å². The SMILES string of the molecule is COc1ccccc1C(CNC(=O)c1ccc(F)cc1)N(C)C. The van der Waals surface area contributed by atoms with Crippen LogP contribution in [0.25, 0.3) is 0 Å². The fourth-order valence-electron chi connectivity index (χ4n) is 2.41. The first-order valence-corrected chi connectivity index (χ1v) is 7.36. The van der Waals surface area contributed by atoms with Crippen LogP contribution in [0.5, 0.6) is 5.75 Å². The van der Waals surface area contributed by atoms with Gasteiger partial charge in [0, 0.05) is 17.7 Å². The maximum atomic E-state index is 12.9. The first-order chi connectivity index (χ1) is 11.0. The average molecular weight is 316 g/mol. The highest BCUT2D eigenvalue weighted by Gasteiger charge is 2.19. The van der Waals surface area contributed by atoms with Crippen LogP contribution in [0.15, 0.2) is 48.5 Å². The third kappa shape index (κ3) is 4.29. The average Bonchev–Trinajstić information content (AvgIpc) is 2.55. The largest absolute Gasteiger partial charge is 0.496 e. The Morgan fingerprint density at radius 2 is 1.83 bits per heavy atom. The van der Waals surface area contributed by atoms with Gasteiger partial charge >= 0.3 is 0 Å². The zero-order valence-electron chi connectivity index (χ0n) is 13.5. The van der Waals surface area contributed by atoms with E-state index < -0.39 is 0 Å². The molecule has 1 atom stereocenters. The van der Waals surface area contributed by atoms with Crippen molar-refractivity contribution in [1.82, 2.24) is 10.2 Å². The van der Waals surface area contributed by atoms with E-state index in [0.29, 0.717) is 12.1 Å². The van der Waals surface area contributed by atoms with E-state index in [4.69, 9.17) is 4.74 Å². The van der Waals surface area contributed by atoms with Crippen molar-refractivity contribution in [3.63, 3.8) is 0 Å². The summed E-state index contributed by atoms with van der Waals surface area (Å²) in [6.07, 6.45) is 0. The molecule has 0 aliphatic rings. The van der Waals surface area contributed by atoms with Crippen molar-refractivity contribution in [1.29, 1.82) is 0 Å². The molecule has 1 amide bonds. The second-order valence-electron chi connectivity index (χ2n) is 5.44. The number of benzene rings is 2. The fraction of sp³-hybridized carbons (Fsp3) is 0.278. The first kappa shape index (κ1) is 17.0.